The van der Waals surface area contributed by atoms with Crippen LogP contribution in [0.5, 0.6) is 0 Å². The summed E-state index contributed by atoms with van der Waals surface area (Å²) in [6, 6.07) is 0. The monoisotopic (exact) mass is 341 g/mol. The van der Waals surface area contributed by atoms with Crippen LogP contribution in [0.2, 0.25) is 0 Å². The molecule has 0 saturated heterocycles. The molecule has 0 aliphatic rings. The van der Waals surface area contributed by atoms with Gasteiger partial charge < -0.3 is 5.32 Å². The molecule has 0 aliphatic heterocycles. The van der Waals surface area contributed by atoms with Gasteiger partial charge >= 0.3 is 0 Å². The molecule has 4 heteroatoms. The Kier molecular flexibility index (Phi) is 5.59. The van der Waals surface area contributed by atoms with Crippen molar-refractivity contribution in [2.24, 2.45) is 5.41 Å². The first kappa shape index (κ1) is 17.4. The molecule has 0 atom stereocenters. The van der Waals surface area contributed by atoms with Crippen molar-refractivity contribution in [3.05, 3.63) is 16.0 Å². The van der Waals surface area contributed by atoms with E-state index in [4.69, 9.17) is 9.97 Å². The molecular weight excluding hydrogens is 314 g/mol. The lowest BCUT2D eigenvalue weighted by molar-refractivity contribution is 0.398. The number of hydrogen-bond donors (Lipinski definition) is 1. The average molecular weight is 342 g/mol. The quantitative estimate of drug-likeness (QED) is 0.841. The Morgan fingerprint density at radius 3 is 2.10 bits per heavy atom. The highest BCUT2D eigenvalue weighted by Crippen LogP contribution is 2.33. The number of halogens is 1. The minimum absolute atomic E-state index is 0.00292. The number of anilines is 1. The maximum atomic E-state index is 4.80. The van der Waals surface area contributed by atoms with E-state index in [1.54, 1.807) is 0 Å². The van der Waals surface area contributed by atoms with Gasteiger partial charge in [0.05, 0.1) is 10.2 Å². The second kappa shape index (κ2) is 6.42. The second-order valence-corrected chi connectivity index (χ2v) is 8.36. The highest BCUT2D eigenvalue weighted by atomic mass is 79.9. The van der Waals surface area contributed by atoms with E-state index < -0.39 is 0 Å². The van der Waals surface area contributed by atoms with Crippen molar-refractivity contribution in [1.29, 1.82) is 0 Å². The first-order valence-electron chi connectivity index (χ1n) is 7.35. The molecule has 3 nitrogen and oxygen atoms in total. The fraction of sp³-hybridized carbons (Fsp3) is 0.750. The van der Waals surface area contributed by atoms with Gasteiger partial charge in [-0.2, -0.15) is 0 Å². The third-order valence-corrected chi connectivity index (χ3v) is 3.59. The van der Waals surface area contributed by atoms with Gasteiger partial charge in [-0.3, -0.25) is 0 Å². The van der Waals surface area contributed by atoms with Crippen LogP contribution in [0.15, 0.2) is 4.47 Å². The Morgan fingerprint density at radius 1 is 1.05 bits per heavy atom. The molecule has 1 heterocycles. The molecule has 0 saturated carbocycles. The molecule has 114 valence electrons. The number of nitrogens with zero attached hydrogens (tertiary/aromatic N) is 2. The van der Waals surface area contributed by atoms with Gasteiger partial charge in [-0.25, -0.2) is 9.97 Å². The molecule has 1 rings (SSSR count). The van der Waals surface area contributed by atoms with Gasteiger partial charge in [-0.05, 0) is 27.8 Å². The third kappa shape index (κ3) is 5.04. The van der Waals surface area contributed by atoms with Gasteiger partial charge in [-0.1, -0.05) is 48.5 Å². The fourth-order valence-electron chi connectivity index (χ4n) is 1.90. The Balaban J connectivity index is 3.26. The Hall–Kier alpha value is -0.640. The van der Waals surface area contributed by atoms with Crippen molar-refractivity contribution in [3.63, 3.8) is 0 Å². The minimum atomic E-state index is -0.00292. The van der Waals surface area contributed by atoms with Gasteiger partial charge in [0.2, 0.25) is 0 Å². The Morgan fingerprint density at radius 2 is 1.65 bits per heavy atom. The summed E-state index contributed by atoms with van der Waals surface area (Å²) in [5, 5.41) is 3.40. The average Bonchev–Trinajstić information content (AvgIpc) is 2.26. The maximum absolute atomic E-state index is 4.80. The zero-order valence-electron chi connectivity index (χ0n) is 13.9. The lowest BCUT2D eigenvalue weighted by Crippen LogP contribution is -2.21. The largest absolute Gasteiger partial charge is 0.369 e. The molecule has 1 aromatic rings. The van der Waals surface area contributed by atoms with Gasteiger partial charge in [0.15, 0.2) is 0 Å². The van der Waals surface area contributed by atoms with Crippen LogP contribution in [0.4, 0.5) is 5.82 Å². The smallest absolute Gasteiger partial charge is 0.144 e. The molecule has 0 amide bonds. The van der Waals surface area contributed by atoms with Crippen LogP contribution < -0.4 is 5.32 Å². The summed E-state index contributed by atoms with van der Waals surface area (Å²) >= 11 is 3.67. The minimum Gasteiger partial charge on any atom is -0.369 e. The van der Waals surface area contributed by atoms with Gasteiger partial charge in [0, 0.05) is 18.4 Å². The Labute approximate surface area is 132 Å². The normalized spacial score (nSPS) is 12.6. The van der Waals surface area contributed by atoms with E-state index in [0.29, 0.717) is 0 Å². The van der Waals surface area contributed by atoms with E-state index in [2.05, 4.69) is 69.7 Å². The molecule has 1 N–H and O–H groups in total. The van der Waals surface area contributed by atoms with Crippen molar-refractivity contribution in [2.45, 2.75) is 66.7 Å². The first-order chi connectivity index (χ1) is 9.04. The van der Waals surface area contributed by atoms with E-state index in [9.17, 15) is 0 Å². The molecule has 20 heavy (non-hydrogen) atoms. The zero-order chi connectivity index (χ0) is 15.6. The standard InChI is InChI=1S/C16H28BrN3/c1-8-9-18-14-12(17)13(16(5,6)7)19-11(20-14)10-15(2,3)4/h8-10H2,1-7H3,(H,18,19,20). The predicted molar refractivity (Wildman–Crippen MR) is 90.4 cm³/mol. The number of rotatable bonds is 4. The molecule has 0 spiro atoms. The van der Waals surface area contributed by atoms with E-state index in [1.807, 2.05) is 0 Å². The van der Waals surface area contributed by atoms with Crippen LogP contribution in [0, 0.1) is 5.41 Å². The molecule has 0 fully saturated rings. The zero-order valence-corrected chi connectivity index (χ0v) is 15.5. The highest BCUT2D eigenvalue weighted by Gasteiger charge is 2.24. The topological polar surface area (TPSA) is 37.8 Å². The molecule has 0 unspecified atom stereocenters. The van der Waals surface area contributed by atoms with Gasteiger partial charge in [0.25, 0.3) is 0 Å². The Bertz CT molecular complexity index is 456. The fourth-order valence-corrected chi connectivity index (χ4v) is 2.82. The molecule has 0 radical (unpaired) electrons. The lowest BCUT2D eigenvalue weighted by Gasteiger charge is -2.24. The van der Waals surface area contributed by atoms with Crippen LogP contribution in [0.1, 0.15) is 66.4 Å². The summed E-state index contributed by atoms with van der Waals surface area (Å²) in [7, 11) is 0. The van der Waals surface area contributed by atoms with Crippen molar-refractivity contribution in [3.8, 4) is 0 Å². The van der Waals surface area contributed by atoms with Gasteiger partial charge in [0.1, 0.15) is 11.6 Å². The third-order valence-electron chi connectivity index (χ3n) is 2.84. The molecular formula is C16H28BrN3. The molecule has 1 aromatic heterocycles. The predicted octanol–water partition coefficient (Wildman–Crippen LogP) is 4.95. The summed E-state index contributed by atoms with van der Waals surface area (Å²) in [5.41, 5.74) is 1.26. The maximum Gasteiger partial charge on any atom is 0.144 e. The summed E-state index contributed by atoms with van der Waals surface area (Å²) in [6.45, 7) is 16.3. The van der Waals surface area contributed by atoms with Crippen molar-refractivity contribution >= 4 is 21.7 Å². The SMILES string of the molecule is CCCNc1nc(CC(C)(C)C)nc(C(C)(C)C)c1Br. The van der Waals surface area contributed by atoms with Crippen molar-refractivity contribution < 1.29 is 0 Å². The second-order valence-electron chi connectivity index (χ2n) is 7.57. The molecule has 0 aliphatic carbocycles. The van der Waals surface area contributed by atoms with E-state index in [-0.39, 0.29) is 10.8 Å². The number of nitrogens with one attached hydrogen (secondary N) is 1. The van der Waals surface area contributed by atoms with E-state index in [1.165, 1.54) is 0 Å². The van der Waals surface area contributed by atoms with Crippen molar-refractivity contribution in [2.75, 3.05) is 11.9 Å². The summed E-state index contributed by atoms with van der Waals surface area (Å²) in [5.74, 6) is 1.84. The summed E-state index contributed by atoms with van der Waals surface area (Å²) in [6.07, 6.45) is 1.96. The van der Waals surface area contributed by atoms with Crippen LogP contribution in [0.25, 0.3) is 0 Å². The van der Waals surface area contributed by atoms with Crippen LogP contribution >= 0.6 is 15.9 Å². The number of hydrogen-bond acceptors (Lipinski definition) is 3. The van der Waals surface area contributed by atoms with Crippen molar-refractivity contribution in [1.82, 2.24) is 9.97 Å². The van der Waals surface area contributed by atoms with Gasteiger partial charge in [-0.15, -0.1) is 0 Å². The summed E-state index contributed by atoms with van der Waals surface area (Å²) in [4.78, 5) is 9.50. The van der Waals surface area contributed by atoms with E-state index in [0.717, 1.165) is 41.2 Å². The lowest BCUT2D eigenvalue weighted by atomic mass is 9.90. The summed E-state index contributed by atoms with van der Waals surface area (Å²) < 4.78 is 0.996. The first-order valence-corrected chi connectivity index (χ1v) is 8.14. The van der Waals surface area contributed by atoms with Crippen LogP contribution in [0.3, 0.4) is 0 Å². The molecule has 0 bridgehead atoms. The van der Waals surface area contributed by atoms with Crippen LogP contribution in [-0.4, -0.2) is 16.5 Å². The van der Waals surface area contributed by atoms with E-state index >= 15 is 0 Å². The highest BCUT2D eigenvalue weighted by molar-refractivity contribution is 9.10. The van der Waals surface area contributed by atoms with Crippen LogP contribution in [-0.2, 0) is 11.8 Å². The number of aromatic nitrogens is 2. The molecule has 0 aromatic carbocycles.